The standard InChI is InChI=1S/C17H30S/c1-4-5-6-7-8-9-10-11-16-13-18-14-17(16)12-15(2)3/h13-15H,4-12H2,1-3H3. The van der Waals surface area contributed by atoms with Crippen molar-refractivity contribution >= 4 is 11.3 Å². The van der Waals surface area contributed by atoms with Gasteiger partial charge in [-0.15, -0.1) is 0 Å². The summed E-state index contributed by atoms with van der Waals surface area (Å²) in [6, 6.07) is 0. The quantitative estimate of drug-likeness (QED) is 0.440. The third-order valence-electron chi connectivity index (χ3n) is 3.51. The van der Waals surface area contributed by atoms with E-state index >= 15 is 0 Å². The molecule has 0 saturated heterocycles. The Morgan fingerprint density at radius 1 is 0.889 bits per heavy atom. The maximum absolute atomic E-state index is 2.37. The predicted octanol–water partition coefficient (Wildman–Crippen LogP) is 6.24. The second kappa shape index (κ2) is 9.61. The van der Waals surface area contributed by atoms with E-state index in [0.717, 1.165) is 5.92 Å². The summed E-state index contributed by atoms with van der Waals surface area (Å²) in [5.74, 6) is 0.785. The smallest absolute Gasteiger partial charge is 0.00583 e. The van der Waals surface area contributed by atoms with Crippen molar-refractivity contribution in [2.24, 2.45) is 5.92 Å². The van der Waals surface area contributed by atoms with Crippen molar-refractivity contribution in [2.75, 3.05) is 0 Å². The largest absolute Gasteiger partial charge is 0.152 e. The monoisotopic (exact) mass is 266 g/mol. The van der Waals surface area contributed by atoms with Crippen molar-refractivity contribution in [1.82, 2.24) is 0 Å². The molecule has 0 atom stereocenters. The molecule has 1 heterocycles. The molecule has 0 unspecified atom stereocenters. The Morgan fingerprint density at radius 3 is 2.17 bits per heavy atom. The number of unbranched alkanes of at least 4 members (excludes halogenated alkanes) is 6. The molecule has 104 valence electrons. The van der Waals surface area contributed by atoms with Crippen LogP contribution in [0.25, 0.3) is 0 Å². The molecule has 1 aromatic rings. The van der Waals surface area contributed by atoms with Crippen molar-refractivity contribution in [3.8, 4) is 0 Å². The van der Waals surface area contributed by atoms with E-state index in [1.165, 1.54) is 57.8 Å². The van der Waals surface area contributed by atoms with E-state index < -0.39 is 0 Å². The number of hydrogen-bond acceptors (Lipinski definition) is 1. The average Bonchev–Trinajstić information content (AvgIpc) is 2.75. The molecule has 0 bridgehead atoms. The Morgan fingerprint density at radius 2 is 1.50 bits per heavy atom. The zero-order valence-corrected chi connectivity index (χ0v) is 13.3. The summed E-state index contributed by atoms with van der Waals surface area (Å²) in [7, 11) is 0. The van der Waals surface area contributed by atoms with Gasteiger partial charge in [0.05, 0.1) is 0 Å². The summed E-state index contributed by atoms with van der Waals surface area (Å²) >= 11 is 1.88. The van der Waals surface area contributed by atoms with Gasteiger partial charge >= 0.3 is 0 Å². The molecule has 0 saturated carbocycles. The summed E-state index contributed by atoms with van der Waals surface area (Å²) < 4.78 is 0. The Balaban J connectivity index is 2.13. The van der Waals surface area contributed by atoms with Crippen LogP contribution in [0.5, 0.6) is 0 Å². The van der Waals surface area contributed by atoms with Crippen LogP contribution in [0.1, 0.15) is 76.8 Å². The molecule has 18 heavy (non-hydrogen) atoms. The lowest BCUT2D eigenvalue weighted by Gasteiger charge is -2.07. The van der Waals surface area contributed by atoms with Crippen LogP contribution in [0, 0.1) is 5.92 Å². The summed E-state index contributed by atoms with van der Waals surface area (Å²) in [6.07, 6.45) is 12.5. The molecule has 0 spiro atoms. The third kappa shape index (κ3) is 6.58. The molecule has 0 aliphatic carbocycles. The van der Waals surface area contributed by atoms with Crippen LogP contribution < -0.4 is 0 Å². The molecule has 1 aromatic heterocycles. The molecule has 0 aliphatic heterocycles. The third-order valence-corrected chi connectivity index (χ3v) is 4.35. The number of rotatable bonds is 10. The topological polar surface area (TPSA) is 0 Å². The second-order valence-electron chi connectivity index (χ2n) is 5.89. The minimum atomic E-state index is 0.785. The van der Waals surface area contributed by atoms with Crippen molar-refractivity contribution < 1.29 is 0 Å². The van der Waals surface area contributed by atoms with Crippen molar-refractivity contribution in [3.05, 3.63) is 21.9 Å². The fraction of sp³-hybridized carbons (Fsp3) is 0.765. The zero-order valence-electron chi connectivity index (χ0n) is 12.5. The van der Waals surface area contributed by atoms with E-state index in [-0.39, 0.29) is 0 Å². The second-order valence-corrected chi connectivity index (χ2v) is 6.64. The Kier molecular flexibility index (Phi) is 8.41. The summed E-state index contributed by atoms with van der Waals surface area (Å²) in [5, 5.41) is 4.73. The van der Waals surface area contributed by atoms with E-state index in [1.807, 2.05) is 11.3 Å². The van der Waals surface area contributed by atoms with Crippen molar-refractivity contribution in [1.29, 1.82) is 0 Å². The van der Waals surface area contributed by atoms with Gasteiger partial charge in [0, 0.05) is 0 Å². The summed E-state index contributed by atoms with van der Waals surface area (Å²) in [6.45, 7) is 6.91. The van der Waals surface area contributed by atoms with E-state index in [2.05, 4.69) is 31.5 Å². The van der Waals surface area contributed by atoms with Crippen LogP contribution >= 0.6 is 11.3 Å². The predicted molar refractivity (Wildman–Crippen MR) is 84.6 cm³/mol. The number of hydrogen-bond donors (Lipinski definition) is 0. The minimum absolute atomic E-state index is 0.785. The van der Waals surface area contributed by atoms with Crippen molar-refractivity contribution in [3.63, 3.8) is 0 Å². The Bertz CT molecular complexity index is 298. The molecule has 0 N–H and O–H groups in total. The van der Waals surface area contributed by atoms with Crippen LogP contribution in [0.15, 0.2) is 10.8 Å². The molecule has 1 heteroatoms. The lowest BCUT2D eigenvalue weighted by molar-refractivity contribution is 0.587. The van der Waals surface area contributed by atoms with Gasteiger partial charge in [-0.3, -0.25) is 0 Å². The first-order valence-electron chi connectivity index (χ1n) is 7.78. The van der Waals surface area contributed by atoms with Crippen LogP contribution in [0.4, 0.5) is 0 Å². The maximum Gasteiger partial charge on any atom is -0.00583 e. The van der Waals surface area contributed by atoms with E-state index in [1.54, 1.807) is 11.1 Å². The zero-order chi connectivity index (χ0) is 13.2. The molecule has 0 nitrogen and oxygen atoms in total. The summed E-state index contributed by atoms with van der Waals surface area (Å²) in [4.78, 5) is 0. The molecule has 1 rings (SSSR count). The molecule has 0 amide bonds. The van der Waals surface area contributed by atoms with Crippen LogP contribution in [-0.2, 0) is 12.8 Å². The van der Waals surface area contributed by atoms with Gasteiger partial charge < -0.3 is 0 Å². The van der Waals surface area contributed by atoms with Gasteiger partial charge in [0.1, 0.15) is 0 Å². The molecular formula is C17H30S. The van der Waals surface area contributed by atoms with Crippen LogP contribution in [-0.4, -0.2) is 0 Å². The van der Waals surface area contributed by atoms with Gasteiger partial charge in [-0.25, -0.2) is 0 Å². The van der Waals surface area contributed by atoms with Gasteiger partial charge in [-0.1, -0.05) is 59.3 Å². The van der Waals surface area contributed by atoms with Crippen molar-refractivity contribution in [2.45, 2.75) is 78.6 Å². The Labute approximate surface area is 118 Å². The molecule has 0 aromatic carbocycles. The van der Waals surface area contributed by atoms with Gasteiger partial charge in [0.25, 0.3) is 0 Å². The van der Waals surface area contributed by atoms with E-state index in [4.69, 9.17) is 0 Å². The van der Waals surface area contributed by atoms with Gasteiger partial charge in [0.2, 0.25) is 0 Å². The van der Waals surface area contributed by atoms with E-state index in [0.29, 0.717) is 0 Å². The van der Waals surface area contributed by atoms with Gasteiger partial charge in [0.15, 0.2) is 0 Å². The fourth-order valence-corrected chi connectivity index (χ4v) is 3.37. The summed E-state index contributed by atoms with van der Waals surface area (Å²) in [5.41, 5.74) is 3.24. The lowest BCUT2D eigenvalue weighted by atomic mass is 9.98. The first kappa shape index (κ1) is 15.8. The van der Waals surface area contributed by atoms with Crippen LogP contribution in [0.2, 0.25) is 0 Å². The highest BCUT2D eigenvalue weighted by atomic mass is 32.1. The minimum Gasteiger partial charge on any atom is -0.152 e. The maximum atomic E-state index is 2.37. The molecular weight excluding hydrogens is 236 g/mol. The normalized spacial score (nSPS) is 11.3. The van der Waals surface area contributed by atoms with Gasteiger partial charge in [-0.05, 0) is 47.1 Å². The SMILES string of the molecule is CCCCCCCCCc1cscc1CC(C)C. The first-order valence-corrected chi connectivity index (χ1v) is 8.72. The number of thiophene rings is 1. The number of aryl methyl sites for hydroxylation is 1. The highest BCUT2D eigenvalue weighted by molar-refractivity contribution is 7.08. The fourth-order valence-electron chi connectivity index (χ4n) is 2.46. The lowest BCUT2D eigenvalue weighted by Crippen LogP contribution is -1.96. The van der Waals surface area contributed by atoms with E-state index in [9.17, 15) is 0 Å². The first-order chi connectivity index (χ1) is 8.74. The Hall–Kier alpha value is -0.300. The molecule has 0 aliphatic rings. The molecule has 0 fully saturated rings. The van der Waals surface area contributed by atoms with Crippen LogP contribution in [0.3, 0.4) is 0 Å². The highest BCUT2D eigenvalue weighted by Crippen LogP contribution is 2.21. The molecule has 0 radical (unpaired) electrons. The average molecular weight is 266 g/mol. The van der Waals surface area contributed by atoms with Gasteiger partial charge in [-0.2, -0.15) is 11.3 Å². The highest BCUT2D eigenvalue weighted by Gasteiger charge is 2.05.